The molecule has 0 radical (unpaired) electrons. The Morgan fingerprint density at radius 1 is 1.47 bits per heavy atom. The molecular formula is C13H19N3O3. The van der Waals surface area contributed by atoms with Crippen LogP contribution in [0.2, 0.25) is 0 Å². The second-order valence-electron chi connectivity index (χ2n) is 4.51. The number of amides is 1. The van der Waals surface area contributed by atoms with Gasteiger partial charge < -0.3 is 11.1 Å². The highest BCUT2D eigenvalue weighted by Gasteiger charge is 2.15. The molecule has 6 nitrogen and oxygen atoms in total. The number of carbonyl (C=O) groups is 1. The summed E-state index contributed by atoms with van der Waals surface area (Å²) >= 11 is 0. The SMILES string of the molecule is CCCC(CN)NC(=O)c1cc(C)cc([N+](=O)[O-])c1. The Morgan fingerprint density at radius 2 is 2.16 bits per heavy atom. The van der Waals surface area contributed by atoms with E-state index < -0.39 is 4.92 Å². The topological polar surface area (TPSA) is 98.3 Å². The van der Waals surface area contributed by atoms with Gasteiger partial charge in [-0.15, -0.1) is 0 Å². The zero-order valence-electron chi connectivity index (χ0n) is 11.2. The number of carbonyl (C=O) groups excluding carboxylic acids is 1. The van der Waals surface area contributed by atoms with Gasteiger partial charge in [-0.1, -0.05) is 13.3 Å². The zero-order chi connectivity index (χ0) is 14.4. The predicted octanol–water partition coefficient (Wildman–Crippen LogP) is 1.76. The lowest BCUT2D eigenvalue weighted by Crippen LogP contribution is -2.40. The van der Waals surface area contributed by atoms with Crippen molar-refractivity contribution in [3.8, 4) is 0 Å². The van der Waals surface area contributed by atoms with Crippen molar-refractivity contribution in [2.75, 3.05) is 6.54 Å². The van der Waals surface area contributed by atoms with Gasteiger partial charge in [0.15, 0.2) is 0 Å². The van der Waals surface area contributed by atoms with Crippen molar-refractivity contribution in [2.24, 2.45) is 5.73 Å². The second-order valence-corrected chi connectivity index (χ2v) is 4.51. The fraction of sp³-hybridized carbons (Fsp3) is 0.462. The number of nitrogens with one attached hydrogen (secondary N) is 1. The van der Waals surface area contributed by atoms with Crippen molar-refractivity contribution in [3.05, 3.63) is 39.4 Å². The maximum absolute atomic E-state index is 12.0. The van der Waals surface area contributed by atoms with Gasteiger partial charge in [-0.2, -0.15) is 0 Å². The molecule has 1 amide bonds. The Balaban J connectivity index is 2.90. The summed E-state index contributed by atoms with van der Waals surface area (Å²) in [7, 11) is 0. The molecule has 1 unspecified atom stereocenters. The monoisotopic (exact) mass is 265 g/mol. The van der Waals surface area contributed by atoms with Gasteiger partial charge in [0.05, 0.1) is 4.92 Å². The normalized spacial score (nSPS) is 11.9. The van der Waals surface area contributed by atoms with Gasteiger partial charge >= 0.3 is 0 Å². The molecule has 0 heterocycles. The number of nitrogens with two attached hydrogens (primary N) is 1. The van der Waals surface area contributed by atoms with Gasteiger partial charge in [-0.25, -0.2) is 0 Å². The number of nitrogens with zero attached hydrogens (tertiary/aromatic N) is 1. The van der Waals surface area contributed by atoms with Gasteiger partial charge in [0.2, 0.25) is 0 Å². The standard InChI is InChI=1S/C13H19N3O3/c1-3-4-11(8-14)15-13(17)10-5-9(2)6-12(7-10)16(18)19/h5-7,11H,3-4,8,14H2,1-2H3,(H,15,17). The van der Waals surface area contributed by atoms with Crippen LogP contribution in [0.3, 0.4) is 0 Å². The molecule has 1 aromatic rings. The molecule has 0 bridgehead atoms. The lowest BCUT2D eigenvalue weighted by molar-refractivity contribution is -0.384. The minimum Gasteiger partial charge on any atom is -0.348 e. The van der Waals surface area contributed by atoms with E-state index in [4.69, 9.17) is 5.73 Å². The van der Waals surface area contributed by atoms with Crippen LogP contribution >= 0.6 is 0 Å². The van der Waals surface area contributed by atoms with Crippen molar-refractivity contribution in [1.82, 2.24) is 5.32 Å². The van der Waals surface area contributed by atoms with Crippen molar-refractivity contribution in [1.29, 1.82) is 0 Å². The van der Waals surface area contributed by atoms with Gasteiger partial charge in [0.1, 0.15) is 0 Å². The second kappa shape index (κ2) is 6.84. The summed E-state index contributed by atoms with van der Waals surface area (Å²) in [5.41, 5.74) is 6.46. The number of non-ortho nitro benzene ring substituents is 1. The van der Waals surface area contributed by atoms with Crippen molar-refractivity contribution < 1.29 is 9.72 Å². The minimum absolute atomic E-state index is 0.0788. The Bertz CT molecular complexity index is 474. The summed E-state index contributed by atoms with van der Waals surface area (Å²) in [5.74, 6) is -0.323. The predicted molar refractivity (Wildman–Crippen MR) is 73.1 cm³/mol. The molecule has 1 aromatic carbocycles. The third kappa shape index (κ3) is 4.33. The third-order valence-electron chi connectivity index (χ3n) is 2.79. The van der Waals surface area contributed by atoms with Gasteiger partial charge in [-0.05, 0) is 25.0 Å². The van der Waals surface area contributed by atoms with Crippen LogP contribution in [0, 0.1) is 17.0 Å². The molecule has 104 valence electrons. The summed E-state index contributed by atoms with van der Waals surface area (Å²) in [6.07, 6.45) is 1.70. The molecule has 0 spiro atoms. The first-order valence-corrected chi connectivity index (χ1v) is 6.25. The molecule has 19 heavy (non-hydrogen) atoms. The van der Waals surface area contributed by atoms with E-state index in [1.165, 1.54) is 12.1 Å². The average Bonchev–Trinajstić information content (AvgIpc) is 2.37. The van der Waals surface area contributed by atoms with E-state index in [-0.39, 0.29) is 17.6 Å². The summed E-state index contributed by atoms with van der Waals surface area (Å²) in [5, 5.41) is 13.6. The van der Waals surface area contributed by atoms with E-state index in [9.17, 15) is 14.9 Å². The van der Waals surface area contributed by atoms with E-state index in [2.05, 4.69) is 5.32 Å². The maximum atomic E-state index is 12.0. The lowest BCUT2D eigenvalue weighted by atomic mass is 10.1. The first kappa shape index (κ1) is 15.1. The molecule has 0 aliphatic rings. The van der Waals surface area contributed by atoms with Crippen LogP contribution < -0.4 is 11.1 Å². The number of benzene rings is 1. The summed E-state index contributed by atoms with van der Waals surface area (Å²) in [6.45, 7) is 4.08. The van der Waals surface area contributed by atoms with Gasteiger partial charge in [0, 0.05) is 30.3 Å². The quantitative estimate of drug-likeness (QED) is 0.604. The molecule has 3 N–H and O–H groups in total. The Kier molecular flexibility index (Phi) is 5.44. The van der Waals surface area contributed by atoms with Crippen molar-refractivity contribution >= 4 is 11.6 Å². The van der Waals surface area contributed by atoms with Crippen LogP contribution in [0.25, 0.3) is 0 Å². The van der Waals surface area contributed by atoms with Crippen molar-refractivity contribution in [3.63, 3.8) is 0 Å². The molecule has 0 aliphatic heterocycles. The highest BCUT2D eigenvalue weighted by Crippen LogP contribution is 2.16. The highest BCUT2D eigenvalue weighted by molar-refractivity contribution is 5.95. The zero-order valence-corrected chi connectivity index (χ0v) is 11.2. The smallest absolute Gasteiger partial charge is 0.270 e. The van der Waals surface area contributed by atoms with Crippen LogP contribution in [0.5, 0.6) is 0 Å². The molecular weight excluding hydrogens is 246 g/mol. The molecule has 0 aliphatic carbocycles. The molecule has 6 heteroatoms. The van der Waals surface area contributed by atoms with Crippen LogP contribution in [0.15, 0.2) is 18.2 Å². The van der Waals surface area contributed by atoms with E-state index >= 15 is 0 Å². The average molecular weight is 265 g/mol. The van der Waals surface area contributed by atoms with E-state index in [0.29, 0.717) is 17.7 Å². The first-order valence-electron chi connectivity index (χ1n) is 6.25. The number of nitro benzene ring substituents is 1. The van der Waals surface area contributed by atoms with E-state index in [1.807, 2.05) is 6.92 Å². The fourth-order valence-corrected chi connectivity index (χ4v) is 1.87. The minimum atomic E-state index is -0.504. The number of nitro groups is 1. The number of rotatable bonds is 6. The van der Waals surface area contributed by atoms with Crippen LogP contribution in [-0.4, -0.2) is 23.4 Å². The Hall–Kier alpha value is -1.95. The van der Waals surface area contributed by atoms with Crippen LogP contribution in [0.1, 0.15) is 35.7 Å². The van der Waals surface area contributed by atoms with E-state index in [1.54, 1.807) is 13.0 Å². The summed E-state index contributed by atoms with van der Waals surface area (Å²) in [6, 6.07) is 4.24. The fourth-order valence-electron chi connectivity index (χ4n) is 1.87. The number of aryl methyl sites for hydroxylation is 1. The number of hydrogen-bond acceptors (Lipinski definition) is 4. The Labute approximate surface area is 112 Å². The molecule has 0 fully saturated rings. The van der Waals surface area contributed by atoms with Gasteiger partial charge in [0.25, 0.3) is 11.6 Å². The van der Waals surface area contributed by atoms with Gasteiger partial charge in [-0.3, -0.25) is 14.9 Å². The lowest BCUT2D eigenvalue weighted by Gasteiger charge is -2.16. The van der Waals surface area contributed by atoms with Crippen LogP contribution in [0.4, 0.5) is 5.69 Å². The highest BCUT2D eigenvalue weighted by atomic mass is 16.6. The molecule has 0 aromatic heterocycles. The summed E-state index contributed by atoms with van der Waals surface area (Å²) < 4.78 is 0. The first-order chi connectivity index (χ1) is 8.97. The molecule has 1 atom stereocenters. The molecule has 1 rings (SSSR count). The summed E-state index contributed by atoms with van der Waals surface area (Å²) in [4.78, 5) is 22.3. The van der Waals surface area contributed by atoms with E-state index in [0.717, 1.165) is 12.8 Å². The third-order valence-corrected chi connectivity index (χ3v) is 2.79. The molecule has 0 saturated carbocycles. The Morgan fingerprint density at radius 3 is 2.68 bits per heavy atom. The maximum Gasteiger partial charge on any atom is 0.270 e. The van der Waals surface area contributed by atoms with Crippen molar-refractivity contribution in [2.45, 2.75) is 32.7 Å². The van der Waals surface area contributed by atoms with Crippen LogP contribution in [-0.2, 0) is 0 Å². The largest absolute Gasteiger partial charge is 0.348 e. The molecule has 0 saturated heterocycles. The number of hydrogen-bond donors (Lipinski definition) is 2.